The second-order valence-electron chi connectivity index (χ2n) is 4.21. The molecule has 1 fully saturated rings. The molecule has 1 N–H and O–H groups in total. The number of carbonyl (C=O) groups excluding carboxylic acids is 1. The van der Waals surface area contributed by atoms with Crippen LogP contribution in [0.3, 0.4) is 0 Å². The molecule has 0 unspecified atom stereocenters. The zero-order valence-corrected chi connectivity index (χ0v) is 11.6. The molecule has 0 spiro atoms. The Morgan fingerprint density at radius 1 is 1.42 bits per heavy atom. The molecule has 1 rings (SSSR count). The van der Waals surface area contributed by atoms with E-state index in [2.05, 4.69) is 5.32 Å². The maximum atomic E-state index is 11.9. The fourth-order valence-corrected chi connectivity index (χ4v) is 2.36. The number of ether oxygens (including phenoxy) is 1. The van der Waals surface area contributed by atoms with E-state index in [-0.39, 0.29) is 29.6 Å². The van der Waals surface area contributed by atoms with E-state index in [4.69, 9.17) is 4.74 Å². The van der Waals surface area contributed by atoms with Crippen LogP contribution in [-0.2, 0) is 4.74 Å². The summed E-state index contributed by atoms with van der Waals surface area (Å²) in [6.07, 6.45) is 1.18. The van der Waals surface area contributed by atoms with Gasteiger partial charge in [0, 0.05) is 31.4 Å². The standard InChI is InChI=1S/C11H19F3N2O2S/c1-2-18-10(17)16-6-3-9(4-7-16)15-5-8-19-11(12,13)14/h9,15H,2-8H2,1H3. The van der Waals surface area contributed by atoms with E-state index in [0.29, 0.717) is 26.2 Å². The highest BCUT2D eigenvalue weighted by atomic mass is 32.2. The second-order valence-corrected chi connectivity index (χ2v) is 5.37. The molecule has 8 heteroatoms. The van der Waals surface area contributed by atoms with Gasteiger partial charge >= 0.3 is 11.6 Å². The lowest BCUT2D eigenvalue weighted by molar-refractivity contribution is -0.0327. The number of thioether (sulfide) groups is 1. The van der Waals surface area contributed by atoms with Crippen molar-refractivity contribution in [2.45, 2.75) is 31.3 Å². The predicted molar refractivity (Wildman–Crippen MR) is 68.1 cm³/mol. The number of hydrogen-bond acceptors (Lipinski definition) is 4. The van der Waals surface area contributed by atoms with E-state index >= 15 is 0 Å². The molecule has 19 heavy (non-hydrogen) atoms. The first kappa shape index (κ1) is 16.4. The molecular formula is C11H19F3N2O2S. The molecule has 112 valence electrons. The third-order valence-corrected chi connectivity index (χ3v) is 3.56. The van der Waals surface area contributed by atoms with Crippen LogP contribution in [0.4, 0.5) is 18.0 Å². The lowest BCUT2D eigenvalue weighted by atomic mass is 10.1. The molecule has 0 aromatic carbocycles. The Labute approximate surface area is 115 Å². The van der Waals surface area contributed by atoms with Crippen LogP contribution in [-0.4, -0.2) is 54.5 Å². The summed E-state index contributed by atoms with van der Waals surface area (Å²) in [6.45, 7) is 3.61. The van der Waals surface area contributed by atoms with Crippen LogP contribution in [0, 0.1) is 0 Å². The van der Waals surface area contributed by atoms with Crippen LogP contribution >= 0.6 is 11.8 Å². The summed E-state index contributed by atoms with van der Waals surface area (Å²) in [5.74, 6) is 0.0155. The van der Waals surface area contributed by atoms with Crippen molar-refractivity contribution in [1.29, 1.82) is 0 Å². The summed E-state index contributed by atoms with van der Waals surface area (Å²) in [7, 11) is 0. The SMILES string of the molecule is CCOC(=O)N1CCC(NCCSC(F)(F)F)CC1. The zero-order valence-electron chi connectivity index (χ0n) is 10.8. The molecule has 0 saturated carbocycles. The predicted octanol–water partition coefficient (Wildman–Crippen LogP) is 2.45. The van der Waals surface area contributed by atoms with Crippen LogP contribution in [0.25, 0.3) is 0 Å². The van der Waals surface area contributed by atoms with Gasteiger partial charge in [0.2, 0.25) is 0 Å². The molecule has 1 aliphatic rings. The van der Waals surface area contributed by atoms with Crippen molar-refractivity contribution in [3.8, 4) is 0 Å². The maximum Gasteiger partial charge on any atom is 0.441 e. The number of nitrogens with one attached hydrogen (secondary N) is 1. The number of alkyl halides is 3. The largest absolute Gasteiger partial charge is 0.450 e. The first-order chi connectivity index (χ1) is 8.92. The molecule has 0 aromatic rings. The molecular weight excluding hydrogens is 281 g/mol. The number of hydrogen-bond donors (Lipinski definition) is 1. The van der Waals surface area contributed by atoms with Crippen molar-refractivity contribution in [2.24, 2.45) is 0 Å². The number of piperidine rings is 1. The Morgan fingerprint density at radius 2 is 2.05 bits per heavy atom. The number of amides is 1. The Kier molecular flexibility index (Phi) is 6.78. The number of rotatable bonds is 5. The smallest absolute Gasteiger partial charge is 0.441 e. The molecule has 0 aliphatic carbocycles. The molecule has 1 amide bonds. The lowest BCUT2D eigenvalue weighted by Gasteiger charge is -2.31. The van der Waals surface area contributed by atoms with Gasteiger partial charge in [-0.3, -0.25) is 0 Å². The minimum absolute atomic E-state index is 0.0128. The molecule has 1 aliphatic heterocycles. The molecule has 4 nitrogen and oxygen atoms in total. The molecule has 0 radical (unpaired) electrons. The minimum Gasteiger partial charge on any atom is -0.450 e. The Hall–Kier alpha value is -0.630. The summed E-state index contributed by atoms with van der Waals surface area (Å²) in [6, 6.07) is 0.180. The third kappa shape index (κ3) is 6.91. The van der Waals surface area contributed by atoms with Crippen LogP contribution in [0.15, 0.2) is 0 Å². The molecule has 0 bridgehead atoms. The van der Waals surface area contributed by atoms with Crippen molar-refractivity contribution in [3.63, 3.8) is 0 Å². The van der Waals surface area contributed by atoms with Crippen molar-refractivity contribution in [3.05, 3.63) is 0 Å². The quantitative estimate of drug-likeness (QED) is 0.792. The molecule has 1 saturated heterocycles. The highest BCUT2D eigenvalue weighted by molar-refractivity contribution is 8.00. The Balaban J connectivity index is 2.11. The Bertz CT molecular complexity index is 282. The van der Waals surface area contributed by atoms with Gasteiger partial charge in [0.05, 0.1) is 6.61 Å². The summed E-state index contributed by atoms with van der Waals surface area (Å²) >= 11 is -0.0128. The molecule has 0 aromatic heterocycles. The van der Waals surface area contributed by atoms with Crippen LogP contribution in [0.1, 0.15) is 19.8 Å². The van der Waals surface area contributed by atoms with Gasteiger partial charge in [0.25, 0.3) is 0 Å². The first-order valence-electron chi connectivity index (χ1n) is 6.28. The topological polar surface area (TPSA) is 41.6 Å². The van der Waals surface area contributed by atoms with E-state index in [9.17, 15) is 18.0 Å². The molecule has 0 atom stereocenters. The summed E-state index contributed by atoms with van der Waals surface area (Å²) < 4.78 is 40.6. The van der Waals surface area contributed by atoms with Gasteiger partial charge in [-0.25, -0.2) is 4.79 Å². The van der Waals surface area contributed by atoms with E-state index < -0.39 is 5.51 Å². The summed E-state index contributed by atoms with van der Waals surface area (Å²) in [5, 5.41) is 3.09. The third-order valence-electron chi connectivity index (χ3n) is 2.82. The van der Waals surface area contributed by atoms with E-state index in [1.165, 1.54) is 0 Å². The van der Waals surface area contributed by atoms with Gasteiger partial charge in [0.15, 0.2) is 0 Å². The Morgan fingerprint density at radius 3 is 2.58 bits per heavy atom. The number of likely N-dealkylation sites (tertiary alicyclic amines) is 1. The fourth-order valence-electron chi connectivity index (χ4n) is 1.91. The normalized spacial score (nSPS) is 17.6. The van der Waals surface area contributed by atoms with Gasteiger partial charge in [0.1, 0.15) is 0 Å². The number of carbonyl (C=O) groups is 1. The van der Waals surface area contributed by atoms with Crippen LogP contribution in [0.5, 0.6) is 0 Å². The van der Waals surface area contributed by atoms with E-state index in [1.54, 1.807) is 11.8 Å². The maximum absolute atomic E-state index is 11.9. The van der Waals surface area contributed by atoms with Crippen molar-refractivity contribution < 1.29 is 22.7 Å². The van der Waals surface area contributed by atoms with Crippen molar-refractivity contribution in [2.75, 3.05) is 32.0 Å². The lowest BCUT2D eigenvalue weighted by Crippen LogP contribution is -2.45. The van der Waals surface area contributed by atoms with Crippen LogP contribution < -0.4 is 5.32 Å². The average Bonchev–Trinajstić information content (AvgIpc) is 2.34. The van der Waals surface area contributed by atoms with Crippen molar-refractivity contribution >= 4 is 17.9 Å². The minimum atomic E-state index is -4.16. The van der Waals surface area contributed by atoms with Gasteiger partial charge in [-0.1, -0.05) is 0 Å². The number of halogens is 3. The zero-order chi connectivity index (χ0) is 14.3. The summed E-state index contributed by atoms with van der Waals surface area (Å²) in [5.41, 5.74) is -4.16. The van der Waals surface area contributed by atoms with E-state index in [1.807, 2.05) is 0 Å². The second kappa shape index (κ2) is 7.84. The average molecular weight is 300 g/mol. The number of nitrogens with zero attached hydrogens (tertiary/aromatic N) is 1. The van der Waals surface area contributed by atoms with Crippen LogP contribution in [0.2, 0.25) is 0 Å². The van der Waals surface area contributed by atoms with Gasteiger partial charge in [-0.15, -0.1) is 0 Å². The highest BCUT2D eigenvalue weighted by Crippen LogP contribution is 2.29. The fraction of sp³-hybridized carbons (Fsp3) is 0.909. The molecule has 1 heterocycles. The summed E-state index contributed by atoms with van der Waals surface area (Å²) in [4.78, 5) is 13.1. The van der Waals surface area contributed by atoms with Gasteiger partial charge in [-0.05, 0) is 31.5 Å². The first-order valence-corrected chi connectivity index (χ1v) is 7.26. The van der Waals surface area contributed by atoms with Crippen molar-refractivity contribution in [1.82, 2.24) is 10.2 Å². The highest BCUT2D eigenvalue weighted by Gasteiger charge is 2.28. The van der Waals surface area contributed by atoms with Gasteiger partial charge in [-0.2, -0.15) is 13.2 Å². The van der Waals surface area contributed by atoms with Gasteiger partial charge < -0.3 is 15.0 Å². The monoisotopic (exact) mass is 300 g/mol. The van der Waals surface area contributed by atoms with E-state index in [0.717, 1.165) is 12.8 Å².